The molecule has 0 aromatic carbocycles. The summed E-state index contributed by atoms with van der Waals surface area (Å²) in [6.45, 7) is 9.18. The van der Waals surface area contributed by atoms with E-state index in [2.05, 4.69) is 5.32 Å². The Bertz CT molecular complexity index is 432. The van der Waals surface area contributed by atoms with E-state index >= 15 is 0 Å². The van der Waals surface area contributed by atoms with Gasteiger partial charge in [0, 0.05) is 5.38 Å². The maximum absolute atomic E-state index is 12.1. The second-order valence-corrected chi connectivity index (χ2v) is 6.52. The van der Waals surface area contributed by atoms with Crippen LogP contribution in [-0.2, 0) is 9.53 Å². The van der Waals surface area contributed by atoms with Crippen molar-refractivity contribution in [1.82, 2.24) is 5.32 Å². The molecule has 19 heavy (non-hydrogen) atoms. The lowest BCUT2D eigenvalue weighted by molar-refractivity contribution is -0.158. The van der Waals surface area contributed by atoms with Crippen LogP contribution in [0.3, 0.4) is 0 Å². The third kappa shape index (κ3) is 5.03. The molecule has 0 radical (unpaired) electrons. The number of esters is 1. The Kier molecular flexibility index (Phi) is 5.11. The number of carbonyl (C=O) groups is 2. The van der Waals surface area contributed by atoms with E-state index in [1.807, 2.05) is 40.0 Å². The lowest BCUT2D eigenvalue weighted by Crippen LogP contribution is -2.47. The van der Waals surface area contributed by atoms with Crippen LogP contribution in [0.1, 0.15) is 45.0 Å². The van der Waals surface area contributed by atoms with Crippen LogP contribution in [-0.4, -0.2) is 23.5 Å². The molecule has 1 rings (SSSR count). The molecule has 1 heterocycles. The first-order valence-corrected chi connectivity index (χ1v) is 7.21. The molecule has 0 fully saturated rings. The van der Waals surface area contributed by atoms with Gasteiger partial charge in [0.15, 0.2) is 0 Å². The summed E-state index contributed by atoms with van der Waals surface area (Å²) in [5.41, 5.74) is 0.0105. The summed E-state index contributed by atoms with van der Waals surface area (Å²) in [5.74, 6) is -0.672. The molecule has 0 aliphatic rings. The Hall–Kier alpha value is -1.36. The molecule has 0 spiro atoms. The van der Waals surface area contributed by atoms with Crippen molar-refractivity contribution in [2.45, 2.75) is 46.3 Å². The molecule has 0 aliphatic carbocycles. The van der Waals surface area contributed by atoms with Gasteiger partial charge >= 0.3 is 5.97 Å². The average molecular weight is 283 g/mol. The number of amides is 1. The monoisotopic (exact) mass is 283 g/mol. The Morgan fingerprint density at radius 1 is 1.32 bits per heavy atom. The number of carbonyl (C=O) groups excluding carboxylic acids is 2. The third-order valence-corrected chi connectivity index (χ3v) is 3.08. The highest BCUT2D eigenvalue weighted by atomic mass is 32.1. The number of rotatable bonds is 4. The fraction of sp³-hybridized carbons (Fsp3) is 0.571. The average Bonchev–Trinajstić information content (AvgIpc) is 2.75. The van der Waals surface area contributed by atoms with Crippen LogP contribution in [0.5, 0.6) is 0 Å². The molecule has 1 aromatic heterocycles. The van der Waals surface area contributed by atoms with Gasteiger partial charge in [0.1, 0.15) is 11.6 Å². The molecule has 0 aliphatic heterocycles. The van der Waals surface area contributed by atoms with Crippen molar-refractivity contribution in [3.8, 4) is 0 Å². The van der Waals surface area contributed by atoms with Crippen LogP contribution in [0.2, 0.25) is 0 Å². The summed E-state index contributed by atoms with van der Waals surface area (Å²) in [5, 5.41) is 6.31. The summed E-state index contributed by atoms with van der Waals surface area (Å²) in [6, 6.07) is 1.10. The zero-order valence-corrected chi connectivity index (χ0v) is 12.8. The lowest BCUT2D eigenvalue weighted by atomic mass is 10.0. The van der Waals surface area contributed by atoms with Gasteiger partial charge in [-0.05, 0) is 38.1 Å². The minimum absolute atomic E-state index is 0.0302. The fourth-order valence-corrected chi connectivity index (χ4v) is 2.12. The van der Waals surface area contributed by atoms with Crippen molar-refractivity contribution < 1.29 is 14.3 Å². The highest BCUT2D eigenvalue weighted by Crippen LogP contribution is 2.13. The molecule has 1 amide bonds. The van der Waals surface area contributed by atoms with E-state index in [0.717, 1.165) is 0 Å². The molecule has 5 heteroatoms. The van der Waals surface area contributed by atoms with Gasteiger partial charge in [0.2, 0.25) is 0 Å². The number of hydrogen-bond acceptors (Lipinski definition) is 4. The smallest absolute Gasteiger partial charge is 0.329 e. The van der Waals surface area contributed by atoms with Crippen LogP contribution < -0.4 is 5.32 Å². The van der Waals surface area contributed by atoms with Gasteiger partial charge in [0.25, 0.3) is 5.91 Å². The minimum Gasteiger partial charge on any atom is -0.458 e. The number of thiophene rings is 1. The highest BCUT2D eigenvalue weighted by molar-refractivity contribution is 7.08. The minimum atomic E-state index is -0.633. The second-order valence-electron chi connectivity index (χ2n) is 5.74. The second kappa shape index (κ2) is 6.19. The van der Waals surface area contributed by atoms with Crippen LogP contribution >= 0.6 is 11.3 Å². The van der Waals surface area contributed by atoms with Gasteiger partial charge in [-0.2, -0.15) is 11.3 Å². The van der Waals surface area contributed by atoms with E-state index in [-0.39, 0.29) is 11.8 Å². The van der Waals surface area contributed by atoms with E-state index in [0.29, 0.717) is 5.56 Å². The zero-order valence-electron chi connectivity index (χ0n) is 12.0. The van der Waals surface area contributed by atoms with E-state index in [1.165, 1.54) is 11.3 Å². The van der Waals surface area contributed by atoms with E-state index in [4.69, 9.17) is 4.74 Å². The maximum atomic E-state index is 12.1. The predicted molar refractivity (Wildman–Crippen MR) is 76.3 cm³/mol. The van der Waals surface area contributed by atoms with Gasteiger partial charge in [-0.15, -0.1) is 0 Å². The maximum Gasteiger partial charge on any atom is 0.329 e. The van der Waals surface area contributed by atoms with Crippen LogP contribution in [0, 0.1) is 5.92 Å². The van der Waals surface area contributed by atoms with Gasteiger partial charge in [-0.1, -0.05) is 13.8 Å². The summed E-state index contributed by atoms with van der Waals surface area (Å²) < 4.78 is 5.33. The summed E-state index contributed by atoms with van der Waals surface area (Å²) in [7, 11) is 0. The lowest BCUT2D eigenvalue weighted by Gasteiger charge is -2.26. The largest absolute Gasteiger partial charge is 0.458 e. The molecule has 106 valence electrons. The quantitative estimate of drug-likeness (QED) is 0.864. The van der Waals surface area contributed by atoms with Crippen molar-refractivity contribution in [3.05, 3.63) is 22.4 Å². The van der Waals surface area contributed by atoms with Crippen LogP contribution in [0.15, 0.2) is 16.8 Å². The molecule has 0 saturated heterocycles. The number of hydrogen-bond donors (Lipinski definition) is 1. The van der Waals surface area contributed by atoms with Crippen LogP contribution in [0.4, 0.5) is 0 Å². The molecular formula is C14H21NO3S. The summed E-state index contributed by atoms with van der Waals surface area (Å²) in [4.78, 5) is 24.0. The summed E-state index contributed by atoms with van der Waals surface area (Å²) in [6.07, 6.45) is 0. The van der Waals surface area contributed by atoms with Crippen molar-refractivity contribution >= 4 is 23.2 Å². The molecule has 0 bridgehead atoms. The third-order valence-electron chi connectivity index (χ3n) is 2.40. The molecule has 1 N–H and O–H groups in total. The fourth-order valence-electron chi connectivity index (χ4n) is 1.48. The molecular weight excluding hydrogens is 262 g/mol. The molecule has 0 unspecified atom stereocenters. The highest BCUT2D eigenvalue weighted by Gasteiger charge is 2.29. The van der Waals surface area contributed by atoms with E-state index in [9.17, 15) is 9.59 Å². The van der Waals surface area contributed by atoms with Crippen molar-refractivity contribution in [1.29, 1.82) is 0 Å². The van der Waals surface area contributed by atoms with Gasteiger partial charge in [-0.25, -0.2) is 4.79 Å². The zero-order chi connectivity index (χ0) is 14.6. The van der Waals surface area contributed by atoms with E-state index in [1.54, 1.807) is 11.4 Å². The van der Waals surface area contributed by atoms with Gasteiger partial charge in [-0.3, -0.25) is 4.79 Å². The normalized spacial score (nSPS) is 13.2. The molecule has 1 aromatic rings. The Morgan fingerprint density at radius 2 is 1.95 bits per heavy atom. The van der Waals surface area contributed by atoms with Crippen molar-refractivity contribution in [2.24, 2.45) is 5.92 Å². The predicted octanol–water partition coefficient (Wildman–Crippen LogP) is 2.84. The first-order valence-electron chi connectivity index (χ1n) is 6.26. The first-order chi connectivity index (χ1) is 8.70. The van der Waals surface area contributed by atoms with Crippen molar-refractivity contribution in [2.75, 3.05) is 0 Å². The Labute approximate surface area is 118 Å². The Morgan fingerprint density at radius 3 is 2.37 bits per heavy atom. The molecule has 1 atom stereocenters. The van der Waals surface area contributed by atoms with Crippen LogP contribution in [0.25, 0.3) is 0 Å². The summed E-state index contributed by atoms with van der Waals surface area (Å²) >= 11 is 1.44. The van der Waals surface area contributed by atoms with Crippen molar-refractivity contribution in [3.63, 3.8) is 0 Å². The first kappa shape index (κ1) is 15.7. The number of ether oxygens (including phenoxy) is 1. The Balaban J connectivity index is 2.73. The van der Waals surface area contributed by atoms with Gasteiger partial charge < -0.3 is 10.1 Å². The van der Waals surface area contributed by atoms with Gasteiger partial charge in [0.05, 0.1) is 5.56 Å². The molecule has 0 saturated carbocycles. The topological polar surface area (TPSA) is 55.4 Å². The van der Waals surface area contributed by atoms with E-state index < -0.39 is 17.6 Å². The SMILES string of the molecule is CC(C)[C@@H](NC(=O)c1ccsc1)C(=O)OC(C)(C)C. The number of nitrogens with one attached hydrogen (secondary N) is 1. The standard InChI is InChI=1S/C14H21NO3S/c1-9(2)11(13(17)18-14(3,4)5)15-12(16)10-6-7-19-8-10/h6-9,11H,1-5H3,(H,15,16)/t11-/m1/s1. The molecule has 4 nitrogen and oxygen atoms in total.